The van der Waals surface area contributed by atoms with Gasteiger partial charge in [0, 0.05) is 17.9 Å². The maximum Gasteiger partial charge on any atom is 0.323 e. The zero-order valence-corrected chi connectivity index (χ0v) is 25.0. The molecule has 11 nitrogen and oxygen atoms in total. The van der Waals surface area contributed by atoms with Crippen molar-refractivity contribution in [1.82, 2.24) is 10.6 Å². The first-order chi connectivity index (χ1) is 21.0. The van der Waals surface area contributed by atoms with Gasteiger partial charge in [-0.05, 0) is 72.0 Å². The Balaban J connectivity index is 1.58. The van der Waals surface area contributed by atoms with Crippen molar-refractivity contribution in [1.29, 1.82) is 0 Å². The van der Waals surface area contributed by atoms with Crippen molar-refractivity contribution in [2.45, 2.75) is 38.6 Å². The van der Waals surface area contributed by atoms with Crippen molar-refractivity contribution >= 4 is 35.2 Å². The molecule has 0 fully saturated rings. The van der Waals surface area contributed by atoms with Gasteiger partial charge in [-0.2, -0.15) is 0 Å². The van der Waals surface area contributed by atoms with Crippen LogP contribution in [0.5, 0.6) is 11.5 Å². The van der Waals surface area contributed by atoms with Gasteiger partial charge in [-0.1, -0.05) is 32.0 Å². The van der Waals surface area contributed by atoms with Crippen molar-refractivity contribution in [3.8, 4) is 11.5 Å². The number of urea groups is 1. The van der Waals surface area contributed by atoms with Crippen LogP contribution in [0.2, 0.25) is 0 Å². The largest absolute Gasteiger partial charge is 0.493 e. The summed E-state index contributed by atoms with van der Waals surface area (Å²) in [4.78, 5) is 50.2. The van der Waals surface area contributed by atoms with Crippen LogP contribution in [-0.2, 0) is 20.8 Å². The van der Waals surface area contributed by atoms with Crippen LogP contribution in [0.3, 0.4) is 0 Å². The number of halogens is 1. The third-order valence-electron chi connectivity index (χ3n) is 6.63. The normalized spacial score (nSPS) is 12.0. The highest BCUT2D eigenvalue weighted by molar-refractivity contribution is 5.99. The van der Waals surface area contributed by atoms with Gasteiger partial charge in [0.2, 0.25) is 11.8 Å². The molecule has 5 N–H and O–H groups in total. The first kappa shape index (κ1) is 33.4. The van der Waals surface area contributed by atoms with E-state index in [1.165, 1.54) is 38.5 Å². The highest BCUT2D eigenvalue weighted by Crippen LogP contribution is 2.30. The van der Waals surface area contributed by atoms with E-state index in [9.17, 15) is 28.7 Å². The third-order valence-corrected chi connectivity index (χ3v) is 6.63. The topological polar surface area (TPSA) is 155 Å². The molecule has 0 spiro atoms. The molecule has 0 heterocycles. The minimum absolute atomic E-state index is 0.0205. The fraction of sp³-hybridized carbons (Fsp3) is 0.312. The molecule has 0 radical (unpaired) electrons. The lowest BCUT2D eigenvalue weighted by Crippen LogP contribution is -2.49. The quantitative estimate of drug-likeness (QED) is 0.180. The van der Waals surface area contributed by atoms with Gasteiger partial charge in [-0.25, -0.2) is 9.18 Å². The van der Waals surface area contributed by atoms with E-state index in [2.05, 4.69) is 21.3 Å². The van der Waals surface area contributed by atoms with Gasteiger partial charge in [-0.3, -0.25) is 14.4 Å². The molecule has 0 saturated heterocycles. The fourth-order valence-corrected chi connectivity index (χ4v) is 4.41. The number of amides is 4. The summed E-state index contributed by atoms with van der Waals surface area (Å²) in [6.07, 6.45) is 0.324. The highest BCUT2D eigenvalue weighted by Gasteiger charge is 2.26. The minimum Gasteiger partial charge on any atom is -0.493 e. The molecular formula is C32H37FN4O7. The average Bonchev–Trinajstić information content (AvgIpc) is 2.98. The van der Waals surface area contributed by atoms with Crippen LogP contribution in [0.1, 0.15) is 37.3 Å². The second-order valence-electron chi connectivity index (χ2n) is 10.5. The molecule has 0 unspecified atom stereocenters. The van der Waals surface area contributed by atoms with E-state index >= 15 is 0 Å². The van der Waals surface area contributed by atoms with E-state index in [1.807, 2.05) is 13.8 Å². The predicted molar refractivity (Wildman–Crippen MR) is 164 cm³/mol. The molecule has 0 aliphatic rings. The van der Waals surface area contributed by atoms with Crippen LogP contribution in [0.4, 0.5) is 20.6 Å². The Morgan fingerprint density at radius 3 is 1.98 bits per heavy atom. The summed E-state index contributed by atoms with van der Waals surface area (Å²) in [7, 11) is 2.92. The molecule has 3 rings (SSSR count). The zero-order valence-electron chi connectivity index (χ0n) is 25.0. The molecule has 0 aliphatic heterocycles. The van der Waals surface area contributed by atoms with Crippen LogP contribution < -0.4 is 30.7 Å². The van der Waals surface area contributed by atoms with E-state index in [4.69, 9.17) is 9.47 Å². The number of rotatable bonds is 14. The summed E-state index contributed by atoms with van der Waals surface area (Å²) in [6.45, 7) is 3.62. The van der Waals surface area contributed by atoms with Crippen molar-refractivity contribution in [2.75, 3.05) is 31.4 Å². The number of ether oxygens (including phenoxy) is 2. The summed E-state index contributed by atoms with van der Waals surface area (Å²) in [5, 5.41) is 20.5. The summed E-state index contributed by atoms with van der Waals surface area (Å²) in [6, 6.07) is 15.3. The smallest absolute Gasteiger partial charge is 0.323 e. The fourth-order valence-electron chi connectivity index (χ4n) is 4.41. The molecule has 3 aromatic rings. The van der Waals surface area contributed by atoms with Gasteiger partial charge < -0.3 is 35.8 Å². The monoisotopic (exact) mass is 608 g/mol. The van der Waals surface area contributed by atoms with E-state index in [0.29, 0.717) is 40.4 Å². The molecule has 234 valence electrons. The zero-order chi connectivity index (χ0) is 32.2. The lowest BCUT2D eigenvalue weighted by atomic mass is 9.97. The van der Waals surface area contributed by atoms with Crippen molar-refractivity contribution < 1.29 is 38.1 Å². The van der Waals surface area contributed by atoms with Gasteiger partial charge in [0.25, 0.3) is 0 Å². The van der Waals surface area contributed by atoms with Gasteiger partial charge >= 0.3 is 12.0 Å². The Morgan fingerprint density at radius 2 is 1.43 bits per heavy atom. The number of carbonyl (C=O) groups is 4. The summed E-state index contributed by atoms with van der Waals surface area (Å²) in [5.74, 6) is -2.61. The number of anilines is 2. The van der Waals surface area contributed by atoms with Crippen LogP contribution in [0, 0.1) is 11.7 Å². The number of carboxylic acid groups (broad SMARTS) is 1. The molecule has 2 atom stereocenters. The van der Waals surface area contributed by atoms with Crippen molar-refractivity contribution in [2.24, 2.45) is 5.92 Å². The van der Waals surface area contributed by atoms with Gasteiger partial charge in [-0.15, -0.1) is 0 Å². The lowest BCUT2D eigenvalue weighted by Gasteiger charge is -2.22. The number of hydrogen-bond acceptors (Lipinski definition) is 6. The molecule has 12 heteroatoms. The number of carbonyl (C=O) groups excluding carboxylic acids is 3. The standard InChI is InChI=1S/C32H37FN4O7/c1-19(2)15-26(30(39)34-18-25(31(40)41)21-7-14-27(43-3)28(17-21)44-4)37-29(38)16-20-5-10-23(11-6-20)35-32(42)36-24-12-8-22(33)9-13-24/h5-14,17,19,25-26H,15-16,18H2,1-4H3,(H,34,39)(H,37,38)(H,40,41)(H2,35,36,42)/t25-,26+/m1/s1. The van der Waals surface area contributed by atoms with Gasteiger partial charge in [0.1, 0.15) is 11.9 Å². The first-order valence-electron chi connectivity index (χ1n) is 13.9. The van der Waals surface area contributed by atoms with Gasteiger partial charge in [0.15, 0.2) is 11.5 Å². The minimum atomic E-state index is -1.13. The molecule has 44 heavy (non-hydrogen) atoms. The Kier molecular flexibility index (Phi) is 12.1. The van der Waals surface area contributed by atoms with Crippen molar-refractivity contribution in [3.63, 3.8) is 0 Å². The summed E-state index contributed by atoms with van der Waals surface area (Å²) < 4.78 is 23.5. The Morgan fingerprint density at radius 1 is 0.841 bits per heavy atom. The van der Waals surface area contributed by atoms with E-state index < -0.39 is 41.6 Å². The number of methoxy groups -OCH3 is 2. The molecule has 0 bridgehead atoms. The van der Waals surface area contributed by atoms with Crippen molar-refractivity contribution in [3.05, 3.63) is 83.7 Å². The molecule has 0 aromatic heterocycles. The summed E-state index contributed by atoms with van der Waals surface area (Å²) in [5.41, 5.74) is 1.98. The highest BCUT2D eigenvalue weighted by atomic mass is 19.1. The van der Waals surface area contributed by atoms with Crippen LogP contribution >= 0.6 is 0 Å². The molecule has 0 aliphatic carbocycles. The average molecular weight is 609 g/mol. The Labute approximate surface area is 255 Å². The number of hydrogen-bond donors (Lipinski definition) is 5. The maximum absolute atomic E-state index is 13.1. The number of aliphatic carboxylic acids is 1. The van der Waals surface area contributed by atoms with Crippen LogP contribution in [0.25, 0.3) is 0 Å². The Bertz CT molecular complexity index is 1450. The molecule has 3 aromatic carbocycles. The van der Waals surface area contributed by atoms with Crippen LogP contribution in [0.15, 0.2) is 66.7 Å². The lowest BCUT2D eigenvalue weighted by molar-refractivity contribution is -0.139. The first-order valence-corrected chi connectivity index (χ1v) is 13.9. The second kappa shape index (κ2) is 15.9. The Hall–Kier alpha value is -5.13. The second-order valence-corrected chi connectivity index (χ2v) is 10.5. The summed E-state index contributed by atoms with van der Waals surface area (Å²) >= 11 is 0. The molecule has 0 saturated carbocycles. The number of benzene rings is 3. The SMILES string of the molecule is COc1ccc([C@@H](CNC(=O)[C@H](CC(C)C)NC(=O)Cc2ccc(NC(=O)Nc3ccc(F)cc3)cc2)C(=O)O)cc1OC. The number of nitrogens with one attached hydrogen (secondary N) is 4. The van der Waals surface area contributed by atoms with E-state index in [1.54, 1.807) is 42.5 Å². The van der Waals surface area contributed by atoms with E-state index in [-0.39, 0.29) is 18.9 Å². The molecule has 4 amide bonds. The van der Waals surface area contributed by atoms with Gasteiger partial charge in [0.05, 0.1) is 26.6 Å². The predicted octanol–water partition coefficient (Wildman–Crippen LogP) is 4.54. The molecular weight excluding hydrogens is 571 g/mol. The third kappa shape index (κ3) is 10.0. The maximum atomic E-state index is 13.1. The number of carboxylic acids is 1. The van der Waals surface area contributed by atoms with E-state index in [0.717, 1.165) is 0 Å². The van der Waals surface area contributed by atoms with Crippen LogP contribution in [-0.4, -0.2) is 55.7 Å².